The molecule has 0 radical (unpaired) electrons. The van der Waals surface area contributed by atoms with E-state index in [0.717, 1.165) is 25.1 Å². The molecule has 2 atom stereocenters. The molecule has 0 spiro atoms. The van der Waals surface area contributed by atoms with Crippen molar-refractivity contribution in [3.05, 3.63) is 0 Å². The summed E-state index contributed by atoms with van der Waals surface area (Å²) in [5, 5.41) is 2.95. The van der Waals surface area contributed by atoms with Crippen molar-refractivity contribution in [1.29, 1.82) is 0 Å². The minimum atomic E-state index is -0.654. The van der Waals surface area contributed by atoms with Crippen molar-refractivity contribution in [3.8, 4) is 0 Å². The van der Waals surface area contributed by atoms with Gasteiger partial charge in [0.15, 0.2) is 0 Å². The fourth-order valence-corrected chi connectivity index (χ4v) is 2.36. The second-order valence-electron chi connectivity index (χ2n) is 4.83. The van der Waals surface area contributed by atoms with Gasteiger partial charge in [0.05, 0.1) is 5.54 Å². The van der Waals surface area contributed by atoms with Crippen LogP contribution in [0.1, 0.15) is 26.7 Å². The molecule has 3 nitrogen and oxygen atoms in total. The number of hydrogen-bond donors (Lipinski definition) is 2. The lowest BCUT2D eigenvalue weighted by Gasteiger charge is -2.24. The first kappa shape index (κ1) is 12.8. The third kappa shape index (κ3) is 3.68. The summed E-state index contributed by atoms with van der Waals surface area (Å²) >= 11 is 1.80. The molecule has 1 fully saturated rings. The fraction of sp³-hybridized carbons (Fsp3) is 0.909. The molecule has 0 saturated heterocycles. The maximum Gasteiger partial charge on any atom is 0.240 e. The molecule has 0 aromatic rings. The van der Waals surface area contributed by atoms with Crippen molar-refractivity contribution in [2.75, 3.05) is 18.6 Å². The summed E-state index contributed by atoms with van der Waals surface area (Å²) in [6.07, 6.45) is 4.27. The molecule has 3 N–H and O–H groups in total. The predicted octanol–water partition coefficient (Wildman–Crippen LogP) is 1.23. The van der Waals surface area contributed by atoms with E-state index < -0.39 is 5.54 Å². The first-order valence-corrected chi connectivity index (χ1v) is 6.94. The normalized spacial score (nSPS) is 21.9. The quantitative estimate of drug-likeness (QED) is 0.721. The van der Waals surface area contributed by atoms with Crippen LogP contribution in [-0.4, -0.2) is 30.0 Å². The van der Waals surface area contributed by atoms with E-state index in [1.54, 1.807) is 11.8 Å². The summed E-state index contributed by atoms with van der Waals surface area (Å²) in [5.41, 5.74) is 5.35. The third-order valence-corrected chi connectivity index (χ3v) is 3.88. The Morgan fingerprint density at radius 1 is 1.67 bits per heavy atom. The van der Waals surface area contributed by atoms with Crippen LogP contribution in [0.15, 0.2) is 0 Å². The zero-order chi connectivity index (χ0) is 11.5. The van der Waals surface area contributed by atoms with Crippen molar-refractivity contribution < 1.29 is 4.79 Å². The van der Waals surface area contributed by atoms with Crippen molar-refractivity contribution in [2.24, 2.45) is 17.6 Å². The highest BCUT2D eigenvalue weighted by atomic mass is 32.2. The van der Waals surface area contributed by atoms with Crippen molar-refractivity contribution in [2.45, 2.75) is 32.2 Å². The fourth-order valence-electron chi connectivity index (χ4n) is 1.67. The predicted molar refractivity (Wildman–Crippen MR) is 65.9 cm³/mol. The van der Waals surface area contributed by atoms with Crippen molar-refractivity contribution in [3.63, 3.8) is 0 Å². The lowest BCUT2D eigenvalue weighted by atomic mass is 9.96. The van der Waals surface area contributed by atoms with Gasteiger partial charge in [-0.25, -0.2) is 0 Å². The topological polar surface area (TPSA) is 55.1 Å². The molecule has 0 aromatic carbocycles. The van der Waals surface area contributed by atoms with Crippen LogP contribution in [0.3, 0.4) is 0 Å². The van der Waals surface area contributed by atoms with Gasteiger partial charge in [0.1, 0.15) is 0 Å². The van der Waals surface area contributed by atoms with Crippen LogP contribution in [0.5, 0.6) is 0 Å². The van der Waals surface area contributed by atoms with Gasteiger partial charge < -0.3 is 11.1 Å². The number of nitrogens with two attached hydrogens (primary N) is 1. The van der Waals surface area contributed by atoms with E-state index in [2.05, 4.69) is 18.5 Å². The van der Waals surface area contributed by atoms with Crippen LogP contribution < -0.4 is 11.1 Å². The Kier molecular flexibility index (Phi) is 4.46. The molecule has 1 amide bonds. The molecule has 1 saturated carbocycles. The Hall–Kier alpha value is -0.220. The molecule has 15 heavy (non-hydrogen) atoms. The Labute approximate surface area is 96.6 Å². The summed E-state index contributed by atoms with van der Waals surface area (Å²) in [5.74, 6) is 2.00. The van der Waals surface area contributed by atoms with Gasteiger partial charge >= 0.3 is 0 Å². The molecule has 0 aromatic heterocycles. The number of hydrogen-bond acceptors (Lipinski definition) is 3. The standard InChI is InChI=1S/C11H22N2OS/c1-8(7-15-3)6-13-10(14)11(2,12)9-4-5-9/h8-9H,4-7,12H2,1-3H3,(H,13,14). The summed E-state index contributed by atoms with van der Waals surface area (Å²) in [6.45, 7) is 4.72. The molecular weight excluding hydrogens is 208 g/mol. The largest absolute Gasteiger partial charge is 0.354 e. The Morgan fingerprint density at radius 2 is 2.27 bits per heavy atom. The van der Waals surface area contributed by atoms with Crippen LogP contribution in [-0.2, 0) is 4.79 Å². The monoisotopic (exact) mass is 230 g/mol. The first-order valence-electron chi connectivity index (χ1n) is 5.54. The van der Waals surface area contributed by atoms with E-state index in [0.29, 0.717) is 11.8 Å². The number of rotatable bonds is 6. The second-order valence-corrected chi connectivity index (χ2v) is 5.74. The Balaban J connectivity index is 2.28. The van der Waals surface area contributed by atoms with Gasteiger partial charge in [-0.3, -0.25) is 4.79 Å². The maximum absolute atomic E-state index is 11.8. The zero-order valence-corrected chi connectivity index (χ0v) is 10.7. The Bertz CT molecular complexity index is 227. The van der Waals surface area contributed by atoms with Crippen LogP contribution in [0, 0.1) is 11.8 Å². The number of carbonyl (C=O) groups excluding carboxylic acids is 1. The molecule has 88 valence electrons. The molecule has 1 aliphatic carbocycles. The molecule has 2 unspecified atom stereocenters. The number of thioether (sulfide) groups is 1. The number of carbonyl (C=O) groups is 1. The van der Waals surface area contributed by atoms with E-state index in [9.17, 15) is 4.79 Å². The summed E-state index contributed by atoms with van der Waals surface area (Å²) in [4.78, 5) is 11.8. The summed E-state index contributed by atoms with van der Waals surface area (Å²) in [6, 6.07) is 0. The van der Waals surface area contributed by atoms with E-state index in [4.69, 9.17) is 5.73 Å². The minimum absolute atomic E-state index is 0.0120. The highest BCUT2D eigenvalue weighted by Gasteiger charge is 2.43. The average molecular weight is 230 g/mol. The van der Waals surface area contributed by atoms with E-state index in [1.165, 1.54) is 0 Å². The highest BCUT2D eigenvalue weighted by molar-refractivity contribution is 7.98. The van der Waals surface area contributed by atoms with Gasteiger partial charge in [0.25, 0.3) is 0 Å². The van der Waals surface area contributed by atoms with Crippen molar-refractivity contribution >= 4 is 17.7 Å². The van der Waals surface area contributed by atoms with Crippen LogP contribution in [0.2, 0.25) is 0 Å². The minimum Gasteiger partial charge on any atom is -0.354 e. The SMILES string of the molecule is CSCC(C)CNC(=O)C(C)(N)C1CC1. The maximum atomic E-state index is 11.8. The molecule has 0 heterocycles. The van der Waals surface area contributed by atoms with Crippen LogP contribution >= 0.6 is 11.8 Å². The van der Waals surface area contributed by atoms with Gasteiger partial charge in [0, 0.05) is 6.54 Å². The van der Waals surface area contributed by atoms with Gasteiger partial charge in [-0.05, 0) is 43.6 Å². The smallest absolute Gasteiger partial charge is 0.240 e. The number of amides is 1. The van der Waals surface area contributed by atoms with E-state index in [-0.39, 0.29) is 5.91 Å². The summed E-state index contributed by atoms with van der Waals surface area (Å²) < 4.78 is 0. The molecule has 0 aliphatic heterocycles. The number of nitrogens with one attached hydrogen (secondary N) is 1. The van der Waals surface area contributed by atoms with E-state index in [1.807, 2.05) is 6.92 Å². The molecule has 1 aliphatic rings. The summed E-state index contributed by atoms with van der Waals surface area (Å²) in [7, 11) is 0. The van der Waals surface area contributed by atoms with Gasteiger partial charge in [-0.2, -0.15) is 11.8 Å². The Morgan fingerprint density at radius 3 is 2.73 bits per heavy atom. The molecule has 1 rings (SSSR count). The van der Waals surface area contributed by atoms with Crippen LogP contribution in [0.25, 0.3) is 0 Å². The molecule has 4 heteroatoms. The lowest BCUT2D eigenvalue weighted by molar-refractivity contribution is -0.126. The van der Waals surface area contributed by atoms with Gasteiger partial charge in [0.2, 0.25) is 5.91 Å². The third-order valence-electron chi connectivity index (χ3n) is 2.98. The first-order chi connectivity index (χ1) is 6.98. The van der Waals surface area contributed by atoms with Gasteiger partial charge in [-0.15, -0.1) is 0 Å². The molecule has 0 bridgehead atoms. The average Bonchev–Trinajstić information content (AvgIpc) is 2.97. The van der Waals surface area contributed by atoms with E-state index >= 15 is 0 Å². The zero-order valence-electron chi connectivity index (χ0n) is 9.88. The molecular formula is C11H22N2OS. The highest BCUT2D eigenvalue weighted by Crippen LogP contribution is 2.38. The van der Waals surface area contributed by atoms with Crippen molar-refractivity contribution in [1.82, 2.24) is 5.32 Å². The van der Waals surface area contributed by atoms with Crippen LogP contribution in [0.4, 0.5) is 0 Å². The lowest BCUT2D eigenvalue weighted by Crippen LogP contribution is -2.54. The second kappa shape index (κ2) is 5.21. The van der Waals surface area contributed by atoms with Gasteiger partial charge in [-0.1, -0.05) is 6.92 Å².